The van der Waals surface area contributed by atoms with Crippen LogP contribution < -0.4 is 5.56 Å². The average Bonchev–Trinajstić information content (AvgIpc) is 2.76. The van der Waals surface area contributed by atoms with E-state index >= 15 is 0 Å². The minimum atomic E-state index is -0.587. The van der Waals surface area contributed by atoms with Gasteiger partial charge in [0.25, 0.3) is 11.5 Å². The number of benzene rings is 2. The number of carbonyl (C=O) groups is 2. The van der Waals surface area contributed by atoms with Crippen molar-refractivity contribution in [3.05, 3.63) is 76.1 Å². The van der Waals surface area contributed by atoms with Gasteiger partial charge < -0.3 is 9.64 Å². The Hall–Kier alpha value is -3.55. The number of rotatable bonds is 7. The Balaban J connectivity index is 1.55. The molecule has 0 radical (unpaired) electrons. The molecule has 0 aliphatic rings. The summed E-state index contributed by atoms with van der Waals surface area (Å²) in [6.45, 7) is 3.20. The van der Waals surface area contributed by atoms with Gasteiger partial charge >= 0.3 is 5.97 Å². The third kappa shape index (κ3) is 5.14. The van der Waals surface area contributed by atoms with Crippen molar-refractivity contribution in [2.24, 2.45) is 0 Å². The van der Waals surface area contributed by atoms with Gasteiger partial charge in [0.15, 0.2) is 6.61 Å². The van der Waals surface area contributed by atoms with Gasteiger partial charge in [-0.1, -0.05) is 24.3 Å². The van der Waals surface area contributed by atoms with E-state index in [1.54, 1.807) is 57.3 Å². The topological polar surface area (TPSA) is 81.5 Å². The lowest BCUT2D eigenvalue weighted by molar-refractivity contribution is -0.152. The Kier molecular flexibility index (Phi) is 6.79. The molecule has 0 fully saturated rings. The molecule has 2 aromatic carbocycles. The van der Waals surface area contributed by atoms with Crippen molar-refractivity contribution in [2.45, 2.75) is 32.9 Å². The van der Waals surface area contributed by atoms with Crippen LogP contribution in [0, 0.1) is 12.7 Å². The van der Waals surface area contributed by atoms with Crippen molar-refractivity contribution in [3.8, 4) is 0 Å². The van der Waals surface area contributed by atoms with Crippen LogP contribution in [0.2, 0.25) is 0 Å². The van der Waals surface area contributed by atoms with Crippen LogP contribution in [0.5, 0.6) is 0 Å². The first-order chi connectivity index (χ1) is 14.8. The Bertz CT molecular complexity index is 1160. The number of halogens is 1. The number of para-hydroxylation sites is 1. The molecule has 0 aliphatic carbocycles. The molecule has 0 saturated heterocycles. The lowest BCUT2D eigenvalue weighted by Gasteiger charge is -2.25. The molecule has 0 spiro atoms. The summed E-state index contributed by atoms with van der Waals surface area (Å²) in [5.74, 6) is -0.822. The Morgan fingerprint density at radius 3 is 2.55 bits per heavy atom. The molecule has 7 nitrogen and oxygen atoms in total. The van der Waals surface area contributed by atoms with Crippen molar-refractivity contribution in [3.63, 3.8) is 0 Å². The van der Waals surface area contributed by atoms with Gasteiger partial charge in [-0.05, 0) is 43.7 Å². The molecule has 1 atom stereocenters. The van der Waals surface area contributed by atoms with Crippen LogP contribution in [0.25, 0.3) is 10.9 Å². The Morgan fingerprint density at radius 2 is 1.84 bits per heavy atom. The summed E-state index contributed by atoms with van der Waals surface area (Å²) in [5, 5.41) is 0.480. The fourth-order valence-electron chi connectivity index (χ4n) is 3.24. The van der Waals surface area contributed by atoms with E-state index in [1.165, 1.54) is 21.6 Å². The van der Waals surface area contributed by atoms with Gasteiger partial charge in [-0.3, -0.25) is 19.0 Å². The lowest BCUT2D eigenvalue weighted by atomic mass is 10.1. The van der Waals surface area contributed by atoms with E-state index < -0.39 is 12.6 Å². The van der Waals surface area contributed by atoms with Gasteiger partial charge in [-0.2, -0.15) is 0 Å². The standard InChI is InChI=1S/C23H24FN3O4/c1-15(17-8-10-18(24)11-9-17)26(3)21(28)14-31-22(29)12-13-27-16(2)25-20-7-5-4-6-19(20)23(27)30/h4-11,15H,12-14H2,1-3H3. The number of esters is 1. The monoisotopic (exact) mass is 425 g/mol. The summed E-state index contributed by atoms with van der Waals surface area (Å²) >= 11 is 0. The molecule has 3 aromatic rings. The molecular weight excluding hydrogens is 401 g/mol. The van der Waals surface area contributed by atoms with E-state index in [-0.39, 0.29) is 36.3 Å². The number of ether oxygens (including phenoxy) is 1. The van der Waals surface area contributed by atoms with Gasteiger partial charge in [-0.15, -0.1) is 0 Å². The number of carbonyl (C=O) groups excluding carboxylic acids is 2. The van der Waals surface area contributed by atoms with Crippen LogP contribution in [0.15, 0.2) is 53.3 Å². The summed E-state index contributed by atoms with van der Waals surface area (Å²) in [6.07, 6.45) is -0.0642. The Morgan fingerprint density at radius 1 is 1.16 bits per heavy atom. The zero-order valence-corrected chi connectivity index (χ0v) is 17.7. The number of aryl methyl sites for hydroxylation is 1. The second-order valence-corrected chi connectivity index (χ2v) is 7.28. The first-order valence-corrected chi connectivity index (χ1v) is 9.91. The van der Waals surface area contributed by atoms with Gasteiger partial charge in [-0.25, -0.2) is 9.37 Å². The smallest absolute Gasteiger partial charge is 0.308 e. The highest BCUT2D eigenvalue weighted by atomic mass is 19.1. The normalized spacial score (nSPS) is 11.9. The van der Waals surface area contributed by atoms with Crippen molar-refractivity contribution in [2.75, 3.05) is 13.7 Å². The van der Waals surface area contributed by atoms with Crippen LogP contribution in [-0.2, 0) is 20.9 Å². The first-order valence-electron chi connectivity index (χ1n) is 9.91. The molecular formula is C23H24FN3O4. The number of amides is 1. The lowest BCUT2D eigenvalue weighted by Crippen LogP contribution is -2.33. The summed E-state index contributed by atoms with van der Waals surface area (Å²) < 4.78 is 19.6. The van der Waals surface area contributed by atoms with Crippen molar-refractivity contribution in [1.29, 1.82) is 0 Å². The fraction of sp³-hybridized carbons (Fsp3) is 0.304. The van der Waals surface area contributed by atoms with Gasteiger partial charge in [0, 0.05) is 13.6 Å². The third-order valence-corrected chi connectivity index (χ3v) is 5.28. The minimum Gasteiger partial charge on any atom is -0.456 e. The van der Waals surface area contributed by atoms with E-state index in [2.05, 4.69) is 4.98 Å². The van der Waals surface area contributed by atoms with Gasteiger partial charge in [0.05, 0.1) is 23.4 Å². The highest BCUT2D eigenvalue weighted by Crippen LogP contribution is 2.19. The van der Waals surface area contributed by atoms with Gasteiger partial charge in [0.1, 0.15) is 11.6 Å². The van der Waals surface area contributed by atoms with Crippen molar-refractivity contribution < 1.29 is 18.7 Å². The van der Waals surface area contributed by atoms with Crippen LogP contribution in [0.3, 0.4) is 0 Å². The van der Waals surface area contributed by atoms with Crippen LogP contribution in [0.4, 0.5) is 4.39 Å². The molecule has 0 saturated carbocycles. The highest BCUT2D eigenvalue weighted by Gasteiger charge is 2.19. The van der Waals surface area contributed by atoms with E-state index in [1.807, 2.05) is 0 Å². The predicted molar refractivity (Wildman–Crippen MR) is 114 cm³/mol. The zero-order chi connectivity index (χ0) is 22.5. The fourth-order valence-corrected chi connectivity index (χ4v) is 3.24. The molecule has 0 aliphatic heterocycles. The SMILES string of the molecule is Cc1nc2ccccc2c(=O)n1CCC(=O)OCC(=O)N(C)C(C)c1ccc(F)cc1. The van der Waals surface area contributed by atoms with E-state index in [9.17, 15) is 18.8 Å². The molecule has 0 bridgehead atoms. The zero-order valence-electron chi connectivity index (χ0n) is 17.7. The molecule has 1 aromatic heterocycles. The number of hydrogen-bond acceptors (Lipinski definition) is 5. The molecule has 0 N–H and O–H groups in total. The van der Waals surface area contributed by atoms with E-state index in [0.29, 0.717) is 16.7 Å². The molecule has 3 rings (SSSR count). The summed E-state index contributed by atoms with van der Waals surface area (Å²) in [6, 6.07) is 12.6. The molecule has 1 unspecified atom stereocenters. The number of aromatic nitrogens is 2. The van der Waals surface area contributed by atoms with Crippen LogP contribution in [0.1, 0.15) is 30.8 Å². The molecule has 1 heterocycles. The second kappa shape index (κ2) is 9.51. The largest absolute Gasteiger partial charge is 0.456 e. The quantitative estimate of drug-likeness (QED) is 0.544. The summed E-state index contributed by atoms with van der Waals surface area (Å²) in [5.41, 5.74) is 1.15. The summed E-state index contributed by atoms with van der Waals surface area (Å²) in [4.78, 5) is 43.0. The number of fused-ring (bicyclic) bond motifs is 1. The molecule has 31 heavy (non-hydrogen) atoms. The molecule has 1 amide bonds. The number of nitrogens with zero attached hydrogens (tertiary/aromatic N) is 3. The maximum absolute atomic E-state index is 13.1. The average molecular weight is 425 g/mol. The first kappa shape index (κ1) is 22.1. The predicted octanol–water partition coefficient (Wildman–Crippen LogP) is 3.00. The summed E-state index contributed by atoms with van der Waals surface area (Å²) in [7, 11) is 1.59. The van der Waals surface area contributed by atoms with Crippen molar-refractivity contribution >= 4 is 22.8 Å². The van der Waals surface area contributed by atoms with Crippen LogP contribution in [-0.4, -0.2) is 40.0 Å². The Labute approximate surface area is 179 Å². The molecule has 162 valence electrons. The van der Waals surface area contributed by atoms with Crippen molar-refractivity contribution in [1.82, 2.24) is 14.5 Å². The van der Waals surface area contributed by atoms with Crippen LogP contribution >= 0.6 is 0 Å². The minimum absolute atomic E-state index is 0.0642. The second-order valence-electron chi connectivity index (χ2n) is 7.28. The third-order valence-electron chi connectivity index (χ3n) is 5.28. The van der Waals surface area contributed by atoms with E-state index in [0.717, 1.165) is 5.56 Å². The number of likely N-dealkylation sites (N-methyl/N-ethyl adjacent to an activating group) is 1. The van der Waals surface area contributed by atoms with E-state index in [4.69, 9.17) is 4.74 Å². The maximum Gasteiger partial charge on any atom is 0.308 e. The number of hydrogen-bond donors (Lipinski definition) is 0. The maximum atomic E-state index is 13.1. The molecule has 8 heteroatoms. The highest BCUT2D eigenvalue weighted by molar-refractivity contribution is 5.81. The van der Waals surface area contributed by atoms with Gasteiger partial charge in [0.2, 0.25) is 0 Å².